The molecule has 1 unspecified atom stereocenters. The van der Waals surface area contributed by atoms with Gasteiger partial charge in [0.25, 0.3) is 0 Å². The summed E-state index contributed by atoms with van der Waals surface area (Å²) in [6.45, 7) is 4.03. The SMILES string of the molecule is Cc1cc(COc2ccc(F)cc2Cl)c(C)c(C2C(C#N)=C(N)N(c3cccc(Cl)c3Cl)C3=C2C(=O)CCC3)c1. The van der Waals surface area contributed by atoms with Gasteiger partial charge in [0.15, 0.2) is 5.78 Å². The Morgan fingerprint density at radius 1 is 1.10 bits per heavy atom. The van der Waals surface area contributed by atoms with Crippen LogP contribution in [0.25, 0.3) is 0 Å². The number of halogens is 4. The third kappa shape index (κ3) is 4.94. The summed E-state index contributed by atoms with van der Waals surface area (Å²) in [5.41, 5.74) is 12.2. The van der Waals surface area contributed by atoms with Gasteiger partial charge in [0.1, 0.15) is 24.0 Å². The van der Waals surface area contributed by atoms with Gasteiger partial charge in [-0.25, -0.2) is 4.39 Å². The molecule has 0 spiro atoms. The van der Waals surface area contributed by atoms with Crippen LogP contribution in [0.15, 0.2) is 71.2 Å². The van der Waals surface area contributed by atoms with Crippen molar-refractivity contribution in [3.63, 3.8) is 0 Å². The standard InChI is InChI=1S/C31H25Cl3FN3O2/c1-16-11-18(15-40-27-10-9-19(35)13-23(27)33)17(2)20(12-16)28-21(14-36)31(37)38(24-6-4-8-26(39)29(24)28)25-7-3-5-22(32)30(25)34/h3,5,7,9-13,28H,4,6,8,15,37H2,1-2H3. The van der Waals surface area contributed by atoms with E-state index in [1.807, 2.05) is 26.0 Å². The largest absolute Gasteiger partial charge is 0.487 e. The Morgan fingerprint density at radius 2 is 1.88 bits per heavy atom. The minimum Gasteiger partial charge on any atom is -0.487 e. The molecule has 5 nitrogen and oxygen atoms in total. The van der Waals surface area contributed by atoms with Crippen LogP contribution in [0.1, 0.15) is 47.4 Å². The number of hydrogen-bond acceptors (Lipinski definition) is 5. The van der Waals surface area contributed by atoms with Crippen LogP contribution >= 0.6 is 34.8 Å². The fraction of sp³-hybridized carbons (Fsp3) is 0.226. The molecule has 3 aromatic carbocycles. The maximum Gasteiger partial charge on any atom is 0.161 e. The topological polar surface area (TPSA) is 79.3 Å². The van der Waals surface area contributed by atoms with Crippen molar-refractivity contribution >= 4 is 46.3 Å². The molecule has 2 N–H and O–H groups in total. The zero-order valence-corrected chi connectivity index (χ0v) is 24.1. The van der Waals surface area contributed by atoms with Gasteiger partial charge in [-0.1, -0.05) is 58.6 Å². The molecular formula is C31H25Cl3FN3O2. The second-order valence-electron chi connectivity index (χ2n) is 9.89. The number of carbonyl (C=O) groups is 1. The normalized spacial score (nSPS) is 17.2. The van der Waals surface area contributed by atoms with Gasteiger partial charge in [-0.3, -0.25) is 9.69 Å². The second-order valence-corrected chi connectivity index (χ2v) is 11.1. The van der Waals surface area contributed by atoms with Gasteiger partial charge in [0.05, 0.1) is 38.3 Å². The van der Waals surface area contributed by atoms with Gasteiger partial charge >= 0.3 is 0 Å². The molecule has 9 heteroatoms. The van der Waals surface area contributed by atoms with E-state index in [0.717, 1.165) is 28.0 Å². The van der Waals surface area contributed by atoms with Crippen molar-refractivity contribution in [2.45, 2.75) is 45.6 Å². The molecule has 1 atom stereocenters. The number of hydrogen-bond donors (Lipinski definition) is 1. The first-order valence-electron chi connectivity index (χ1n) is 12.7. The molecular weight excluding hydrogens is 572 g/mol. The van der Waals surface area contributed by atoms with Crippen molar-refractivity contribution in [2.24, 2.45) is 5.73 Å². The molecule has 0 saturated carbocycles. The monoisotopic (exact) mass is 595 g/mol. The zero-order valence-electron chi connectivity index (χ0n) is 21.8. The molecule has 0 saturated heterocycles. The van der Waals surface area contributed by atoms with Crippen LogP contribution in [0.4, 0.5) is 10.1 Å². The third-order valence-corrected chi connectivity index (χ3v) is 8.48. The maximum absolute atomic E-state index is 13.6. The lowest BCUT2D eigenvalue weighted by Crippen LogP contribution is -2.39. The minimum absolute atomic E-state index is 0.0357. The van der Waals surface area contributed by atoms with E-state index in [1.54, 1.807) is 23.1 Å². The highest BCUT2D eigenvalue weighted by atomic mass is 35.5. The van der Waals surface area contributed by atoms with Gasteiger partial charge in [-0.2, -0.15) is 5.26 Å². The summed E-state index contributed by atoms with van der Waals surface area (Å²) in [4.78, 5) is 15.3. The Balaban J connectivity index is 1.65. The predicted molar refractivity (Wildman–Crippen MR) is 156 cm³/mol. The summed E-state index contributed by atoms with van der Waals surface area (Å²) in [5.74, 6) is -0.582. The summed E-state index contributed by atoms with van der Waals surface area (Å²) in [6.07, 6.45) is 1.61. The molecule has 0 aromatic heterocycles. The highest BCUT2D eigenvalue weighted by molar-refractivity contribution is 6.43. The van der Waals surface area contributed by atoms with E-state index in [-0.39, 0.29) is 28.8 Å². The summed E-state index contributed by atoms with van der Waals surface area (Å²) >= 11 is 19.1. The number of anilines is 1. The Labute approximate surface area is 247 Å². The molecule has 1 aliphatic heterocycles. The number of carbonyl (C=O) groups excluding carboxylic acids is 1. The molecule has 2 aliphatic rings. The number of ketones is 1. The molecule has 3 aromatic rings. The van der Waals surface area contributed by atoms with Crippen molar-refractivity contribution in [3.8, 4) is 11.8 Å². The maximum atomic E-state index is 13.6. The number of nitrogens with zero attached hydrogens (tertiary/aromatic N) is 2. The van der Waals surface area contributed by atoms with E-state index in [9.17, 15) is 14.4 Å². The van der Waals surface area contributed by atoms with Gasteiger partial charge in [-0.15, -0.1) is 0 Å². The van der Waals surface area contributed by atoms with E-state index in [1.165, 1.54) is 18.2 Å². The molecule has 40 heavy (non-hydrogen) atoms. The lowest BCUT2D eigenvalue weighted by atomic mass is 9.73. The van der Waals surface area contributed by atoms with Crippen LogP contribution < -0.4 is 15.4 Å². The predicted octanol–water partition coefficient (Wildman–Crippen LogP) is 8.29. The van der Waals surface area contributed by atoms with Crippen LogP contribution in [0.3, 0.4) is 0 Å². The lowest BCUT2D eigenvalue weighted by molar-refractivity contribution is -0.116. The first-order valence-corrected chi connectivity index (χ1v) is 13.8. The number of ether oxygens (including phenoxy) is 1. The van der Waals surface area contributed by atoms with E-state index in [2.05, 4.69) is 6.07 Å². The Hall–Kier alpha value is -3.50. The second kappa shape index (κ2) is 11.2. The zero-order chi connectivity index (χ0) is 28.7. The number of Topliss-reactive ketones (excluding diaryl/α,β-unsaturated/α-hetero) is 1. The third-order valence-electron chi connectivity index (χ3n) is 7.37. The number of nitrogens with two attached hydrogens (primary N) is 1. The summed E-state index contributed by atoms with van der Waals surface area (Å²) < 4.78 is 19.4. The number of nitriles is 1. The number of allylic oxidation sites excluding steroid dienone is 3. The summed E-state index contributed by atoms with van der Waals surface area (Å²) in [7, 11) is 0. The van der Waals surface area contributed by atoms with Gasteiger partial charge < -0.3 is 10.5 Å². The van der Waals surface area contributed by atoms with Crippen LogP contribution in [0.5, 0.6) is 5.75 Å². The van der Waals surface area contributed by atoms with Gasteiger partial charge in [0, 0.05) is 17.7 Å². The smallest absolute Gasteiger partial charge is 0.161 e. The first-order chi connectivity index (χ1) is 19.1. The summed E-state index contributed by atoms with van der Waals surface area (Å²) in [5, 5.41) is 11.2. The highest BCUT2D eigenvalue weighted by Crippen LogP contribution is 2.49. The average Bonchev–Trinajstić information content (AvgIpc) is 2.91. The number of rotatable bonds is 5. The van der Waals surface area contributed by atoms with Crippen molar-refractivity contribution < 1.29 is 13.9 Å². The van der Waals surface area contributed by atoms with Crippen molar-refractivity contribution in [1.82, 2.24) is 0 Å². The van der Waals surface area contributed by atoms with Crippen molar-refractivity contribution in [1.29, 1.82) is 5.26 Å². The molecule has 5 rings (SSSR count). The van der Waals surface area contributed by atoms with Crippen molar-refractivity contribution in [3.05, 3.63) is 114 Å². The average molecular weight is 597 g/mol. The van der Waals surface area contributed by atoms with E-state index in [0.29, 0.717) is 46.3 Å². The van der Waals surface area contributed by atoms with Crippen LogP contribution in [-0.2, 0) is 11.4 Å². The Kier molecular flexibility index (Phi) is 7.83. The lowest BCUT2D eigenvalue weighted by Gasteiger charge is -2.40. The molecule has 0 radical (unpaired) electrons. The fourth-order valence-corrected chi connectivity index (χ4v) is 6.10. The van der Waals surface area contributed by atoms with E-state index >= 15 is 0 Å². The van der Waals surface area contributed by atoms with E-state index in [4.69, 9.17) is 45.3 Å². The highest BCUT2D eigenvalue weighted by Gasteiger charge is 2.41. The Morgan fingerprint density at radius 3 is 2.60 bits per heavy atom. The number of benzene rings is 3. The molecule has 1 aliphatic carbocycles. The summed E-state index contributed by atoms with van der Waals surface area (Å²) in [6, 6.07) is 15.4. The van der Waals surface area contributed by atoms with E-state index < -0.39 is 11.7 Å². The van der Waals surface area contributed by atoms with Crippen LogP contribution in [0, 0.1) is 31.0 Å². The van der Waals surface area contributed by atoms with Gasteiger partial charge in [-0.05, 0) is 73.7 Å². The van der Waals surface area contributed by atoms with Crippen molar-refractivity contribution in [2.75, 3.05) is 4.90 Å². The molecule has 204 valence electrons. The minimum atomic E-state index is -0.657. The molecule has 0 fully saturated rings. The fourth-order valence-electron chi connectivity index (χ4n) is 5.50. The van der Waals surface area contributed by atoms with Crippen LogP contribution in [-0.4, -0.2) is 5.78 Å². The Bertz CT molecular complexity index is 1660. The molecule has 0 bridgehead atoms. The number of aryl methyl sites for hydroxylation is 1. The first kappa shape index (κ1) is 28.0. The van der Waals surface area contributed by atoms with Gasteiger partial charge in [0.2, 0.25) is 0 Å². The quantitative estimate of drug-likeness (QED) is 0.321. The molecule has 0 amide bonds. The van der Waals surface area contributed by atoms with Crippen LogP contribution in [0.2, 0.25) is 15.1 Å². The molecule has 1 heterocycles.